The highest BCUT2D eigenvalue weighted by Gasteiger charge is 2.10. The van der Waals surface area contributed by atoms with Crippen molar-refractivity contribution in [1.82, 2.24) is 9.88 Å². The third-order valence-corrected chi connectivity index (χ3v) is 2.43. The number of benzene rings is 1. The summed E-state index contributed by atoms with van der Waals surface area (Å²) in [4.78, 5) is 11.6. The largest absolute Gasteiger partial charge is 0.399 e. The maximum absolute atomic E-state index is 11.6. The summed E-state index contributed by atoms with van der Waals surface area (Å²) < 4.78 is 1.63. The molecule has 1 aromatic heterocycles. The topological polar surface area (TPSA) is 60.0 Å². The summed E-state index contributed by atoms with van der Waals surface area (Å²) in [5, 5.41) is 3.59. The maximum atomic E-state index is 11.6. The van der Waals surface area contributed by atoms with Gasteiger partial charge in [0.25, 0.3) is 0 Å². The fraction of sp³-hybridized carbons (Fsp3) is 0.182. The number of anilines is 1. The molecule has 78 valence electrons. The van der Waals surface area contributed by atoms with E-state index in [4.69, 9.17) is 5.73 Å². The molecule has 0 unspecified atom stereocenters. The number of nitrogens with two attached hydrogens (primary N) is 1. The van der Waals surface area contributed by atoms with Crippen molar-refractivity contribution >= 4 is 22.6 Å². The van der Waals surface area contributed by atoms with Gasteiger partial charge >= 0.3 is 6.03 Å². The maximum Gasteiger partial charge on any atom is 0.325 e. The summed E-state index contributed by atoms with van der Waals surface area (Å²) in [6.45, 7) is 1.89. The van der Waals surface area contributed by atoms with Crippen molar-refractivity contribution in [3.05, 3.63) is 30.0 Å². The molecule has 1 aromatic carbocycles. The van der Waals surface area contributed by atoms with Gasteiger partial charge < -0.3 is 11.1 Å². The number of carbonyl (C=O) groups excluding carboxylic acids is 1. The average molecular weight is 203 g/mol. The standard InChI is InChI=1S/C11H13N3O/c1-7-5-8-6-9(12)3-4-10(8)14(7)11(15)13-2/h3-6H,12H2,1-2H3,(H,13,15). The van der Waals surface area contributed by atoms with E-state index in [1.165, 1.54) is 0 Å². The highest BCUT2D eigenvalue weighted by atomic mass is 16.2. The number of fused-ring (bicyclic) bond motifs is 1. The lowest BCUT2D eigenvalue weighted by Gasteiger charge is -2.05. The zero-order valence-electron chi connectivity index (χ0n) is 8.74. The molecule has 0 aliphatic heterocycles. The molecule has 1 amide bonds. The van der Waals surface area contributed by atoms with E-state index in [2.05, 4.69) is 5.32 Å². The van der Waals surface area contributed by atoms with Crippen LogP contribution in [-0.2, 0) is 0 Å². The first-order valence-corrected chi connectivity index (χ1v) is 4.73. The van der Waals surface area contributed by atoms with Gasteiger partial charge in [0.05, 0.1) is 5.52 Å². The zero-order valence-corrected chi connectivity index (χ0v) is 8.74. The Bertz CT molecular complexity index is 528. The minimum absolute atomic E-state index is 0.132. The van der Waals surface area contributed by atoms with Crippen molar-refractivity contribution in [3.63, 3.8) is 0 Å². The van der Waals surface area contributed by atoms with Gasteiger partial charge in [0.2, 0.25) is 0 Å². The Kier molecular flexibility index (Phi) is 2.11. The molecule has 0 atom stereocenters. The van der Waals surface area contributed by atoms with Crippen molar-refractivity contribution in [3.8, 4) is 0 Å². The van der Waals surface area contributed by atoms with Gasteiger partial charge in [-0.2, -0.15) is 0 Å². The van der Waals surface area contributed by atoms with Crippen molar-refractivity contribution in [2.45, 2.75) is 6.92 Å². The quantitative estimate of drug-likeness (QED) is 0.640. The molecular weight excluding hydrogens is 190 g/mol. The lowest BCUT2D eigenvalue weighted by Crippen LogP contribution is -2.25. The SMILES string of the molecule is CNC(=O)n1c(C)cc2cc(N)ccc21. The molecule has 0 spiro atoms. The number of nitrogen functional groups attached to an aromatic ring is 1. The van der Waals surface area contributed by atoms with Gasteiger partial charge in [-0.15, -0.1) is 0 Å². The number of rotatable bonds is 0. The molecule has 0 radical (unpaired) electrons. The second-order valence-corrected chi connectivity index (χ2v) is 3.49. The van der Waals surface area contributed by atoms with E-state index in [-0.39, 0.29) is 6.03 Å². The molecular formula is C11H13N3O. The molecule has 3 N–H and O–H groups in total. The van der Waals surface area contributed by atoms with Crippen LogP contribution in [0.3, 0.4) is 0 Å². The molecule has 2 aromatic rings. The van der Waals surface area contributed by atoms with Crippen LogP contribution in [0.4, 0.5) is 10.5 Å². The summed E-state index contributed by atoms with van der Waals surface area (Å²) in [5.74, 6) is 0. The number of aromatic nitrogens is 1. The van der Waals surface area contributed by atoms with E-state index in [1.54, 1.807) is 17.7 Å². The van der Waals surface area contributed by atoms with Crippen LogP contribution in [0.5, 0.6) is 0 Å². The number of amides is 1. The van der Waals surface area contributed by atoms with Crippen LogP contribution in [0.15, 0.2) is 24.3 Å². The number of hydrogen-bond donors (Lipinski definition) is 2. The Labute approximate surface area is 87.7 Å². The molecule has 0 bridgehead atoms. The summed E-state index contributed by atoms with van der Waals surface area (Å²) in [6.07, 6.45) is 0. The smallest absolute Gasteiger partial charge is 0.325 e. The van der Waals surface area contributed by atoms with E-state index < -0.39 is 0 Å². The van der Waals surface area contributed by atoms with Crippen LogP contribution in [-0.4, -0.2) is 17.6 Å². The molecule has 0 saturated carbocycles. The second kappa shape index (κ2) is 3.31. The van der Waals surface area contributed by atoms with Crippen molar-refractivity contribution in [2.75, 3.05) is 12.8 Å². The number of hydrogen-bond acceptors (Lipinski definition) is 2. The number of carbonyl (C=O) groups is 1. The lowest BCUT2D eigenvalue weighted by atomic mass is 10.2. The van der Waals surface area contributed by atoms with Gasteiger partial charge in [0.15, 0.2) is 0 Å². The van der Waals surface area contributed by atoms with E-state index in [9.17, 15) is 4.79 Å². The molecule has 1 heterocycles. The van der Waals surface area contributed by atoms with Crippen LogP contribution in [0.25, 0.3) is 10.9 Å². The molecule has 0 aliphatic rings. The Morgan fingerprint density at radius 3 is 2.80 bits per heavy atom. The number of nitrogens with one attached hydrogen (secondary N) is 1. The monoisotopic (exact) mass is 203 g/mol. The van der Waals surface area contributed by atoms with Gasteiger partial charge in [-0.1, -0.05) is 0 Å². The van der Waals surface area contributed by atoms with Crippen LogP contribution in [0, 0.1) is 6.92 Å². The van der Waals surface area contributed by atoms with Crippen LogP contribution < -0.4 is 11.1 Å². The fourth-order valence-electron chi connectivity index (χ4n) is 1.75. The first kappa shape index (κ1) is 9.58. The second-order valence-electron chi connectivity index (χ2n) is 3.49. The summed E-state index contributed by atoms with van der Waals surface area (Å²) in [6, 6.07) is 7.32. The van der Waals surface area contributed by atoms with Crippen LogP contribution in [0.1, 0.15) is 5.69 Å². The minimum Gasteiger partial charge on any atom is -0.399 e. The van der Waals surface area contributed by atoms with Gasteiger partial charge in [-0.3, -0.25) is 4.57 Å². The number of aryl methyl sites for hydroxylation is 1. The summed E-state index contributed by atoms with van der Waals surface area (Å²) in [5.41, 5.74) is 8.16. The first-order valence-electron chi connectivity index (χ1n) is 4.73. The molecule has 2 rings (SSSR count). The fourth-order valence-corrected chi connectivity index (χ4v) is 1.75. The molecule has 4 heteroatoms. The van der Waals surface area contributed by atoms with Gasteiger partial charge in [-0.25, -0.2) is 4.79 Å². The Hall–Kier alpha value is -1.97. The lowest BCUT2D eigenvalue weighted by molar-refractivity contribution is 0.245. The molecule has 4 nitrogen and oxygen atoms in total. The van der Waals surface area contributed by atoms with E-state index >= 15 is 0 Å². The van der Waals surface area contributed by atoms with Gasteiger partial charge in [-0.05, 0) is 31.2 Å². The predicted molar refractivity (Wildman–Crippen MR) is 60.9 cm³/mol. The summed E-state index contributed by atoms with van der Waals surface area (Å²) in [7, 11) is 1.62. The van der Waals surface area contributed by atoms with Crippen LogP contribution >= 0.6 is 0 Å². The van der Waals surface area contributed by atoms with E-state index in [0.717, 1.165) is 16.6 Å². The van der Waals surface area contributed by atoms with E-state index in [0.29, 0.717) is 5.69 Å². The third-order valence-electron chi connectivity index (χ3n) is 2.43. The normalized spacial score (nSPS) is 10.5. The Balaban J connectivity index is 2.73. The van der Waals surface area contributed by atoms with Crippen molar-refractivity contribution in [1.29, 1.82) is 0 Å². The van der Waals surface area contributed by atoms with Crippen LogP contribution in [0.2, 0.25) is 0 Å². The Morgan fingerprint density at radius 1 is 1.40 bits per heavy atom. The van der Waals surface area contributed by atoms with Gasteiger partial charge in [0, 0.05) is 23.8 Å². The first-order chi connectivity index (χ1) is 7.13. The molecule has 0 fully saturated rings. The predicted octanol–water partition coefficient (Wildman–Crippen LogP) is 1.72. The zero-order chi connectivity index (χ0) is 11.0. The Morgan fingerprint density at radius 2 is 2.13 bits per heavy atom. The van der Waals surface area contributed by atoms with Gasteiger partial charge in [0.1, 0.15) is 0 Å². The third kappa shape index (κ3) is 1.44. The molecule has 0 saturated heterocycles. The average Bonchev–Trinajstić information content (AvgIpc) is 2.52. The molecule has 15 heavy (non-hydrogen) atoms. The number of nitrogens with zero attached hydrogens (tertiary/aromatic N) is 1. The molecule has 0 aliphatic carbocycles. The highest BCUT2D eigenvalue weighted by molar-refractivity contribution is 5.94. The minimum atomic E-state index is -0.132. The van der Waals surface area contributed by atoms with Crippen molar-refractivity contribution < 1.29 is 4.79 Å². The van der Waals surface area contributed by atoms with Crippen molar-refractivity contribution in [2.24, 2.45) is 0 Å². The van der Waals surface area contributed by atoms with E-state index in [1.807, 2.05) is 25.1 Å². The summed E-state index contributed by atoms with van der Waals surface area (Å²) >= 11 is 0. The highest BCUT2D eigenvalue weighted by Crippen LogP contribution is 2.21.